The molecule has 0 saturated carbocycles. The molecule has 2 aromatic heterocycles. The van der Waals surface area contributed by atoms with Crippen LogP contribution in [-0.4, -0.2) is 24.0 Å². The lowest BCUT2D eigenvalue weighted by atomic mass is 9.95. The summed E-state index contributed by atoms with van der Waals surface area (Å²) >= 11 is 5.23. The number of hydrogen-bond acceptors (Lipinski definition) is 4. The van der Waals surface area contributed by atoms with E-state index in [9.17, 15) is 4.79 Å². The Morgan fingerprint density at radius 2 is 2.08 bits per heavy atom. The van der Waals surface area contributed by atoms with Crippen molar-refractivity contribution in [3.05, 3.63) is 51.9 Å². The molecule has 3 heterocycles. The first-order chi connectivity index (χ1) is 12.6. The summed E-state index contributed by atoms with van der Waals surface area (Å²) in [5.41, 5.74) is 1.98. The van der Waals surface area contributed by atoms with Crippen molar-refractivity contribution < 1.29 is 4.79 Å². The van der Waals surface area contributed by atoms with E-state index < -0.39 is 0 Å². The summed E-state index contributed by atoms with van der Waals surface area (Å²) in [4.78, 5) is 19.5. The number of halogens is 1. The van der Waals surface area contributed by atoms with Crippen LogP contribution in [0.15, 0.2) is 46.4 Å². The Bertz CT molecular complexity index is 947. The number of benzene rings is 1. The molecule has 1 N–H and O–H groups in total. The molecule has 0 unspecified atom stereocenters. The molecular formula is C20H20BrN3OS. The first-order valence-corrected chi connectivity index (χ1v) is 10.4. The molecule has 4 nitrogen and oxygen atoms in total. The Morgan fingerprint density at radius 3 is 2.85 bits per heavy atom. The highest BCUT2D eigenvalue weighted by Crippen LogP contribution is 2.31. The van der Waals surface area contributed by atoms with E-state index in [1.54, 1.807) is 11.3 Å². The van der Waals surface area contributed by atoms with E-state index in [0.717, 1.165) is 47.5 Å². The maximum absolute atomic E-state index is 12.6. The highest BCUT2D eigenvalue weighted by atomic mass is 79.9. The van der Waals surface area contributed by atoms with Crippen LogP contribution in [0.5, 0.6) is 0 Å². The van der Waals surface area contributed by atoms with Gasteiger partial charge in [0, 0.05) is 45.5 Å². The van der Waals surface area contributed by atoms with Gasteiger partial charge in [0.25, 0.3) is 0 Å². The molecule has 0 radical (unpaired) electrons. The van der Waals surface area contributed by atoms with Gasteiger partial charge in [-0.3, -0.25) is 4.79 Å². The van der Waals surface area contributed by atoms with Crippen molar-refractivity contribution in [1.82, 2.24) is 4.98 Å². The molecule has 1 fully saturated rings. The number of aryl methyl sites for hydroxylation is 1. The molecule has 0 spiro atoms. The highest BCUT2D eigenvalue weighted by molar-refractivity contribution is 9.10. The summed E-state index contributed by atoms with van der Waals surface area (Å²) < 4.78 is 2.32. The number of thiophene rings is 1. The maximum Gasteiger partial charge on any atom is 0.227 e. The second-order valence-electron chi connectivity index (χ2n) is 6.68. The van der Waals surface area contributed by atoms with E-state index in [1.807, 2.05) is 31.3 Å². The molecular weight excluding hydrogens is 410 g/mol. The van der Waals surface area contributed by atoms with Crippen molar-refractivity contribution >= 4 is 54.8 Å². The van der Waals surface area contributed by atoms with E-state index in [2.05, 4.69) is 48.6 Å². The third kappa shape index (κ3) is 3.48. The lowest BCUT2D eigenvalue weighted by molar-refractivity contribution is -0.120. The van der Waals surface area contributed by atoms with Gasteiger partial charge < -0.3 is 10.2 Å². The van der Waals surface area contributed by atoms with Crippen LogP contribution in [0.1, 0.15) is 18.4 Å². The van der Waals surface area contributed by atoms with Crippen molar-refractivity contribution in [3.63, 3.8) is 0 Å². The van der Waals surface area contributed by atoms with Crippen molar-refractivity contribution in [3.8, 4) is 0 Å². The third-order valence-electron chi connectivity index (χ3n) is 4.95. The molecule has 3 aromatic rings. The smallest absolute Gasteiger partial charge is 0.227 e. The zero-order valence-electron chi connectivity index (χ0n) is 14.5. The van der Waals surface area contributed by atoms with Gasteiger partial charge in [0.15, 0.2) is 0 Å². The predicted molar refractivity (Wildman–Crippen MR) is 112 cm³/mol. The second-order valence-corrected chi connectivity index (χ2v) is 8.48. The monoisotopic (exact) mass is 429 g/mol. The van der Waals surface area contributed by atoms with Gasteiger partial charge in [0.2, 0.25) is 5.91 Å². The number of nitrogens with one attached hydrogen (secondary N) is 1. The van der Waals surface area contributed by atoms with Gasteiger partial charge in [0.1, 0.15) is 5.82 Å². The van der Waals surface area contributed by atoms with Crippen LogP contribution in [0, 0.1) is 12.8 Å². The molecule has 1 aliphatic heterocycles. The summed E-state index contributed by atoms with van der Waals surface area (Å²) in [6.45, 7) is 3.75. The van der Waals surface area contributed by atoms with E-state index in [-0.39, 0.29) is 11.8 Å². The molecule has 26 heavy (non-hydrogen) atoms. The number of amides is 1. The summed E-state index contributed by atoms with van der Waals surface area (Å²) in [5, 5.41) is 6.39. The summed E-state index contributed by atoms with van der Waals surface area (Å²) in [5.74, 6) is 1.22. The summed E-state index contributed by atoms with van der Waals surface area (Å²) in [6.07, 6.45) is 3.58. The SMILES string of the molecule is Cc1cc(NC(=O)C2CCN(c3nccc4sccc34)CC2)ccc1Br. The quantitative estimate of drug-likeness (QED) is 0.620. The summed E-state index contributed by atoms with van der Waals surface area (Å²) in [6, 6.07) is 10.1. The van der Waals surface area contributed by atoms with Crippen molar-refractivity contribution in [2.75, 3.05) is 23.3 Å². The van der Waals surface area contributed by atoms with Crippen LogP contribution in [0.4, 0.5) is 11.5 Å². The van der Waals surface area contributed by atoms with Gasteiger partial charge in [-0.15, -0.1) is 11.3 Å². The fraction of sp³-hybridized carbons (Fsp3) is 0.300. The van der Waals surface area contributed by atoms with Gasteiger partial charge >= 0.3 is 0 Å². The zero-order chi connectivity index (χ0) is 18.1. The molecule has 134 valence electrons. The minimum atomic E-state index is 0.0527. The van der Waals surface area contributed by atoms with E-state index in [1.165, 1.54) is 10.1 Å². The average molecular weight is 430 g/mol. The van der Waals surface area contributed by atoms with Crippen LogP contribution in [-0.2, 0) is 4.79 Å². The number of rotatable bonds is 3. The summed E-state index contributed by atoms with van der Waals surface area (Å²) in [7, 11) is 0. The molecule has 0 aliphatic carbocycles. The number of carbonyl (C=O) groups excluding carboxylic acids is 1. The second kappa shape index (κ2) is 7.37. The van der Waals surface area contributed by atoms with E-state index >= 15 is 0 Å². The number of hydrogen-bond donors (Lipinski definition) is 1. The standard InChI is InChI=1S/C20H20BrN3OS/c1-13-12-15(2-3-17(13)21)23-20(25)14-5-9-24(10-6-14)19-16-7-11-26-18(16)4-8-22-19/h2-4,7-8,11-12,14H,5-6,9-10H2,1H3,(H,23,25). The Morgan fingerprint density at radius 1 is 1.27 bits per heavy atom. The molecule has 0 atom stereocenters. The molecule has 1 saturated heterocycles. The lowest BCUT2D eigenvalue weighted by Crippen LogP contribution is -2.38. The number of carbonyl (C=O) groups is 1. The Hall–Kier alpha value is -1.92. The molecule has 6 heteroatoms. The number of pyridine rings is 1. The van der Waals surface area contributed by atoms with Gasteiger partial charge in [-0.05, 0) is 61.0 Å². The minimum Gasteiger partial charge on any atom is -0.356 e. The predicted octanol–water partition coefficient (Wildman–Crippen LogP) is 5.22. The Kier molecular flexibility index (Phi) is 4.96. The van der Waals surface area contributed by atoms with Crippen molar-refractivity contribution in [1.29, 1.82) is 0 Å². The Balaban J connectivity index is 1.40. The number of piperidine rings is 1. The first-order valence-electron chi connectivity index (χ1n) is 8.76. The van der Waals surface area contributed by atoms with Gasteiger partial charge in [0.05, 0.1) is 0 Å². The first kappa shape index (κ1) is 17.5. The number of nitrogens with zero attached hydrogens (tertiary/aromatic N) is 2. The zero-order valence-corrected chi connectivity index (χ0v) is 16.9. The van der Waals surface area contributed by atoms with Gasteiger partial charge in [-0.1, -0.05) is 15.9 Å². The minimum absolute atomic E-state index is 0.0527. The van der Waals surface area contributed by atoms with E-state index in [4.69, 9.17) is 0 Å². The molecule has 1 amide bonds. The largest absolute Gasteiger partial charge is 0.356 e. The van der Waals surface area contributed by atoms with Crippen LogP contribution in [0.25, 0.3) is 10.1 Å². The van der Waals surface area contributed by atoms with Crippen LogP contribution in [0.3, 0.4) is 0 Å². The van der Waals surface area contributed by atoms with Crippen molar-refractivity contribution in [2.24, 2.45) is 5.92 Å². The average Bonchev–Trinajstić information content (AvgIpc) is 3.14. The van der Waals surface area contributed by atoms with Crippen molar-refractivity contribution in [2.45, 2.75) is 19.8 Å². The fourth-order valence-corrected chi connectivity index (χ4v) is 4.48. The van der Waals surface area contributed by atoms with Gasteiger partial charge in [-0.2, -0.15) is 0 Å². The molecule has 4 rings (SSSR count). The number of anilines is 2. The lowest BCUT2D eigenvalue weighted by Gasteiger charge is -2.32. The topological polar surface area (TPSA) is 45.2 Å². The molecule has 1 aliphatic rings. The number of aromatic nitrogens is 1. The van der Waals surface area contributed by atoms with Crippen LogP contribution < -0.4 is 10.2 Å². The van der Waals surface area contributed by atoms with Crippen LogP contribution in [0.2, 0.25) is 0 Å². The molecule has 1 aromatic carbocycles. The highest BCUT2D eigenvalue weighted by Gasteiger charge is 2.26. The molecule has 0 bridgehead atoms. The van der Waals surface area contributed by atoms with Crippen LogP contribution >= 0.6 is 27.3 Å². The van der Waals surface area contributed by atoms with E-state index in [0.29, 0.717) is 0 Å². The number of fused-ring (bicyclic) bond motifs is 1. The van der Waals surface area contributed by atoms with Gasteiger partial charge in [-0.25, -0.2) is 4.98 Å². The fourth-order valence-electron chi connectivity index (χ4n) is 3.45. The Labute approximate surface area is 165 Å². The third-order valence-corrected chi connectivity index (χ3v) is 6.72. The normalized spacial score (nSPS) is 15.4. The maximum atomic E-state index is 12.6.